The van der Waals surface area contributed by atoms with Crippen molar-refractivity contribution in [1.82, 2.24) is 10.6 Å². The topological polar surface area (TPSA) is 41.1 Å². The fourth-order valence-electron chi connectivity index (χ4n) is 1.00. The Labute approximate surface area is 86.6 Å². The maximum absolute atomic E-state index is 11.4. The lowest BCUT2D eigenvalue weighted by atomic mass is 10.1. The van der Waals surface area contributed by atoms with Gasteiger partial charge in [-0.15, -0.1) is 12.3 Å². The van der Waals surface area contributed by atoms with E-state index in [-0.39, 0.29) is 17.6 Å². The van der Waals surface area contributed by atoms with E-state index < -0.39 is 0 Å². The minimum atomic E-state index is -0.210. The molecule has 0 aliphatic heterocycles. The Morgan fingerprint density at radius 3 is 2.43 bits per heavy atom. The van der Waals surface area contributed by atoms with Crippen LogP contribution in [0.25, 0.3) is 0 Å². The molecule has 0 saturated heterocycles. The van der Waals surface area contributed by atoms with E-state index in [4.69, 9.17) is 6.42 Å². The molecule has 0 fully saturated rings. The van der Waals surface area contributed by atoms with Crippen molar-refractivity contribution in [2.24, 2.45) is 0 Å². The van der Waals surface area contributed by atoms with Gasteiger partial charge in [0, 0.05) is 18.0 Å². The molecule has 0 spiro atoms. The summed E-state index contributed by atoms with van der Waals surface area (Å²) in [7, 11) is 0. The number of hydrogen-bond acceptors (Lipinski definition) is 1. The van der Waals surface area contributed by atoms with Crippen molar-refractivity contribution in [2.45, 2.75) is 52.1 Å². The van der Waals surface area contributed by atoms with Gasteiger partial charge in [0.1, 0.15) is 0 Å². The summed E-state index contributed by atoms with van der Waals surface area (Å²) in [4.78, 5) is 11.4. The molecular weight excluding hydrogens is 176 g/mol. The van der Waals surface area contributed by atoms with Gasteiger partial charge in [-0.2, -0.15) is 0 Å². The molecule has 0 saturated carbocycles. The van der Waals surface area contributed by atoms with Crippen LogP contribution in [0.5, 0.6) is 0 Å². The first-order chi connectivity index (χ1) is 6.39. The summed E-state index contributed by atoms with van der Waals surface area (Å²) in [6.07, 6.45) is 6.61. The van der Waals surface area contributed by atoms with Gasteiger partial charge in [0.05, 0.1) is 0 Å². The molecule has 0 rings (SSSR count). The molecule has 0 aromatic heterocycles. The van der Waals surface area contributed by atoms with Crippen LogP contribution in [0.15, 0.2) is 0 Å². The lowest BCUT2D eigenvalue weighted by Gasteiger charge is -2.23. The summed E-state index contributed by atoms with van der Waals surface area (Å²) < 4.78 is 0. The van der Waals surface area contributed by atoms with Crippen LogP contribution >= 0.6 is 0 Å². The average molecular weight is 196 g/mol. The highest BCUT2D eigenvalue weighted by Gasteiger charge is 2.15. The van der Waals surface area contributed by atoms with E-state index in [0.29, 0.717) is 6.42 Å². The molecule has 2 amide bonds. The quantitative estimate of drug-likeness (QED) is 0.665. The van der Waals surface area contributed by atoms with E-state index in [0.717, 1.165) is 6.42 Å². The Balaban J connectivity index is 3.98. The second-order valence-corrected chi connectivity index (χ2v) is 4.36. The first kappa shape index (κ1) is 12.8. The Kier molecular flexibility index (Phi) is 5.07. The molecular formula is C11H20N2O. The normalized spacial score (nSPS) is 12.8. The van der Waals surface area contributed by atoms with Gasteiger partial charge in [-0.05, 0) is 27.2 Å². The SMILES string of the molecule is C#CCC(CC)NC(=O)NC(C)(C)C. The van der Waals surface area contributed by atoms with Crippen LogP contribution in [0.1, 0.15) is 40.5 Å². The van der Waals surface area contributed by atoms with Crippen LogP contribution in [0.3, 0.4) is 0 Å². The minimum absolute atomic E-state index is 0.0716. The molecule has 0 aromatic rings. The predicted octanol–water partition coefficient (Wildman–Crippen LogP) is 1.89. The third kappa shape index (κ3) is 6.36. The molecule has 14 heavy (non-hydrogen) atoms. The molecule has 1 atom stereocenters. The fourth-order valence-corrected chi connectivity index (χ4v) is 1.00. The van der Waals surface area contributed by atoms with Crippen molar-refractivity contribution in [3.8, 4) is 12.3 Å². The summed E-state index contributed by atoms with van der Waals surface area (Å²) >= 11 is 0. The lowest BCUT2D eigenvalue weighted by Crippen LogP contribution is -2.49. The maximum Gasteiger partial charge on any atom is 0.315 e. The third-order valence-corrected chi connectivity index (χ3v) is 1.68. The highest BCUT2D eigenvalue weighted by Crippen LogP contribution is 2.00. The Hall–Kier alpha value is -1.17. The number of terminal acetylenes is 1. The summed E-state index contributed by atoms with van der Waals surface area (Å²) in [5, 5.41) is 5.66. The number of carbonyl (C=O) groups is 1. The van der Waals surface area contributed by atoms with Crippen LogP contribution in [-0.4, -0.2) is 17.6 Å². The zero-order chi connectivity index (χ0) is 11.2. The fraction of sp³-hybridized carbons (Fsp3) is 0.727. The molecule has 3 nitrogen and oxygen atoms in total. The van der Waals surface area contributed by atoms with Crippen LogP contribution in [0, 0.1) is 12.3 Å². The zero-order valence-electron chi connectivity index (χ0n) is 9.48. The molecule has 0 aromatic carbocycles. The molecule has 0 aliphatic carbocycles. The highest BCUT2D eigenvalue weighted by atomic mass is 16.2. The number of urea groups is 1. The lowest BCUT2D eigenvalue weighted by molar-refractivity contribution is 0.228. The van der Waals surface area contributed by atoms with Gasteiger partial charge < -0.3 is 10.6 Å². The van der Waals surface area contributed by atoms with Crippen molar-refractivity contribution in [1.29, 1.82) is 0 Å². The smallest absolute Gasteiger partial charge is 0.315 e. The second kappa shape index (κ2) is 5.54. The molecule has 2 N–H and O–H groups in total. The van der Waals surface area contributed by atoms with E-state index in [1.165, 1.54) is 0 Å². The predicted molar refractivity (Wildman–Crippen MR) is 58.9 cm³/mol. The van der Waals surface area contributed by atoms with Crippen LogP contribution in [0.4, 0.5) is 4.79 Å². The molecule has 3 heteroatoms. The van der Waals surface area contributed by atoms with Crippen molar-refractivity contribution in [3.05, 3.63) is 0 Å². The average Bonchev–Trinajstić information content (AvgIpc) is 2.00. The largest absolute Gasteiger partial charge is 0.334 e. The number of carbonyl (C=O) groups excluding carboxylic acids is 1. The zero-order valence-corrected chi connectivity index (χ0v) is 9.48. The molecule has 1 unspecified atom stereocenters. The van der Waals surface area contributed by atoms with E-state index in [1.807, 2.05) is 27.7 Å². The van der Waals surface area contributed by atoms with Gasteiger partial charge >= 0.3 is 6.03 Å². The minimum Gasteiger partial charge on any atom is -0.334 e. The van der Waals surface area contributed by atoms with Crippen molar-refractivity contribution >= 4 is 6.03 Å². The monoisotopic (exact) mass is 196 g/mol. The van der Waals surface area contributed by atoms with Crippen LogP contribution < -0.4 is 10.6 Å². The first-order valence-electron chi connectivity index (χ1n) is 4.91. The number of rotatable bonds is 3. The molecule has 80 valence electrons. The van der Waals surface area contributed by atoms with E-state index in [9.17, 15) is 4.79 Å². The molecule has 0 aliphatic rings. The first-order valence-corrected chi connectivity index (χ1v) is 4.91. The molecule has 0 heterocycles. The van der Waals surface area contributed by atoms with Gasteiger partial charge in [0.15, 0.2) is 0 Å². The summed E-state index contributed by atoms with van der Waals surface area (Å²) in [5.74, 6) is 2.54. The Morgan fingerprint density at radius 2 is 2.07 bits per heavy atom. The second-order valence-electron chi connectivity index (χ2n) is 4.36. The van der Waals surface area contributed by atoms with Gasteiger partial charge in [-0.3, -0.25) is 0 Å². The summed E-state index contributed by atoms with van der Waals surface area (Å²) in [5.41, 5.74) is -0.210. The third-order valence-electron chi connectivity index (χ3n) is 1.68. The van der Waals surface area contributed by atoms with Crippen LogP contribution in [0.2, 0.25) is 0 Å². The van der Waals surface area contributed by atoms with E-state index in [1.54, 1.807) is 0 Å². The van der Waals surface area contributed by atoms with Crippen LogP contribution in [-0.2, 0) is 0 Å². The van der Waals surface area contributed by atoms with Gasteiger partial charge in [-0.1, -0.05) is 6.92 Å². The van der Waals surface area contributed by atoms with Gasteiger partial charge in [0.25, 0.3) is 0 Å². The highest BCUT2D eigenvalue weighted by molar-refractivity contribution is 5.75. The van der Waals surface area contributed by atoms with Crippen molar-refractivity contribution < 1.29 is 4.79 Å². The van der Waals surface area contributed by atoms with E-state index in [2.05, 4.69) is 16.6 Å². The maximum atomic E-state index is 11.4. The van der Waals surface area contributed by atoms with Crippen molar-refractivity contribution in [2.75, 3.05) is 0 Å². The number of hydrogen-bond donors (Lipinski definition) is 2. The van der Waals surface area contributed by atoms with Gasteiger partial charge in [0.2, 0.25) is 0 Å². The van der Waals surface area contributed by atoms with Gasteiger partial charge in [-0.25, -0.2) is 4.79 Å². The molecule has 0 bridgehead atoms. The summed E-state index contributed by atoms with van der Waals surface area (Å²) in [6, 6.07) is -0.0815. The molecule has 0 radical (unpaired) electrons. The Bertz CT molecular complexity index is 222. The number of amides is 2. The Morgan fingerprint density at radius 1 is 1.50 bits per heavy atom. The van der Waals surface area contributed by atoms with E-state index >= 15 is 0 Å². The summed E-state index contributed by atoms with van der Waals surface area (Å²) in [6.45, 7) is 7.82. The van der Waals surface area contributed by atoms with Crippen molar-refractivity contribution in [3.63, 3.8) is 0 Å². The standard InChI is InChI=1S/C11H20N2O/c1-6-8-9(7-2)12-10(14)13-11(3,4)5/h1,9H,7-8H2,2-5H3,(H2,12,13,14). The number of nitrogens with one attached hydrogen (secondary N) is 2.